The monoisotopic (exact) mass is 286 g/mol. The van der Waals surface area contributed by atoms with Gasteiger partial charge in [-0.3, -0.25) is 4.98 Å². The topological polar surface area (TPSA) is 44.0 Å². The molecule has 1 aliphatic heterocycles. The molecule has 20 heavy (non-hydrogen) atoms. The summed E-state index contributed by atoms with van der Waals surface area (Å²) >= 11 is 5.47. The molecular weight excluding hydrogens is 268 g/mol. The van der Waals surface area contributed by atoms with Crippen molar-refractivity contribution >= 4 is 17.3 Å². The summed E-state index contributed by atoms with van der Waals surface area (Å²) in [5.41, 5.74) is 3.35. The second-order valence-corrected chi connectivity index (χ2v) is 5.40. The van der Waals surface area contributed by atoms with Gasteiger partial charge in [0.25, 0.3) is 0 Å². The van der Waals surface area contributed by atoms with E-state index in [1.807, 2.05) is 24.4 Å². The number of thiocarbonyl (C=S) groups is 1. The maximum Gasteiger partial charge on any atom is 0.170 e. The largest absolute Gasteiger partial charge is 0.361 e. The van der Waals surface area contributed by atoms with Crippen molar-refractivity contribution in [3.8, 4) is 0 Å². The zero-order valence-corrected chi connectivity index (χ0v) is 12.4. The second kappa shape index (κ2) is 5.25. The molecule has 3 heterocycles. The fraction of sp³-hybridized carbons (Fsp3) is 0.333. The minimum absolute atomic E-state index is 0.0849. The molecule has 0 amide bonds. The summed E-state index contributed by atoms with van der Waals surface area (Å²) in [5, 5.41) is 4.20. The number of H-pyrrole nitrogens is 1. The van der Waals surface area contributed by atoms with Gasteiger partial charge in [0.1, 0.15) is 0 Å². The average molecular weight is 286 g/mol. The van der Waals surface area contributed by atoms with Crippen LogP contribution in [0.3, 0.4) is 0 Å². The molecular formula is C15H18N4S. The molecule has 2 atom stereocenters. The van der Waals surface area contributed by atoms with Crippen LogP contribution in [0.2, 0.25) is 0 Å². The van der Waals surface area contributed by atoms with Crippen LogP contribution in [0.4, 0.5) is 0 Å². The molecule has 0 radical (unpaired) electrons. The van der Waals surface area contributed by atoms with Gasteiger partial charge in [0.2, 0.25) is 0 Å². The van der Waals surface area contributed by atoms with Crippen LogP contribution in [0.5, 0.6) is 0 Å². The highest BCUT2D eigenvalue weighted by Gasteiger charge is 2.39. The lowest BCUT2D eigenvalue weighted by Crippen LogP contribution is -2.29. The normalized spacial score (nSPS) is 22.1. The van der Waals surface area contributed by atoms with Crippen LogP contribution in [-0.2, 0) is 0 Å². The molecule has 0 aromatic carbocycles. The molecule has 4 nitrogen and oxygen atoms in total. The van der Waals surface area contributed by atoms with Crippen molar-refractivity contribution in [3.63, 3.8) is 0 Å². The number of likely N-dealkylation sites (N-methyl/N-ethyl adjacent to an activating group) is 1. The van der Waals surface area contributed by atoms with Gasteiger partial charge in [0, 0.05) is 24.1 Å². The lowest BCUT2D eigenvalue weighted by Gasteiger charge is -2.25. The quantitative estimate of drug-likeness (QED) is 0.852. The maximum atomic E-state index is 5.47. The van der Waals surface area contributed by atoms with Crippen molar-refractivity contribution in [2.24, 2.45) is 0 Å². The van der Waals surface area contributed by atoms with Gasteiger partial charge in [0.05, 0.1) is 17.8 Å². The fourth-order valence-electron chi connectivity index (χ4n) is 2.78. The zero-order valence-electron chi connectivity index (χ0n) is 11.6. The molecule has 3 rings (SSSR count). The number of hydrogen-bond donors (Lipinski definition) is 2. The van der Waals surface area contributed by atoms with Gasteiger partial charge in [0.15, 0.2) is 5.11 Å². The predicted octanol–water partition coefficient (Wildman–Crippen LogP) is 2.71. The van der Waals surface area contributed by atoms with E-state index in [1.54, 1.807) is 0 Å². The molecule has 1 aliphatic rings. The van der Waals surface area contributed by atoms with Crippen LogP contribution in [0.25, 0.3) is 0 Å². The lowest BCUT2D eigenvalue weighted by molar-refractivity contribution is 0.325. The molecule has 0 bridgehead atoms. The van der Waals surface area contributed by atoms with Crippen molar-refractivity contribution in [3.05, 3.63) is 53.6 Å². The highest BCUT2D eigenvalue weighted by atomic mass is 32.1. The van der Waals surface area contributed by atoms with Crippen molar-refractivity contribution in [1.82, 2.24) is 20.2 Å². The van der Waals surface area contributed by atoms with E-state index in [-0.39, 0.29) is 12.1 Å². The second-order valence-electron chi connectivity index (χ2n) is 5.01. The average Bonchev–Trinajstić information content (AvgIpc) is 3.03. The fourth-order valence-corrected chi connectivity index (χ4v) is 3.15. The van der Waals surface area contributed by atoms with Gasteiger partial charge in [-0.25, -0.2) is 0 Å². The standard InChI is InChI=1S/C15H18N4S/c1-3-19-14(12-8-7-10(2)17-12)13(18-15(19)20)11-6-4-5-9-16-11/h4-9,13-14,17H,3H2,1-2H3,(H,18,20)/t13-,14-/m0/s1. The molecule has 0 aliphatic carbocycles. The predicted molar refractivity (Wildman–Crippen MR) is 83.4 cm³/mol. The highest BCUT2D eigenvalue weighted by molar-refractivity contribution is 7.80. The molecule has 2 N–H and O–H groups in total. The first-order valence-corrected chi connectivity index (χ1v) is 7.25. The molecule has 0 spiro atoms. The van der Waals surface area contributed by atoms with Crippen molar-refractivity contribution in [1.29, 1.82) is 0 Å². The Hall–Kier alpha value is -1.88. The number of rotatable bonds is 3. The van der Waals surface area contributed by atoms with Crippen LogP contribution >= 0.6 is 12.2 Å². The van der Waals surface area contributed by atoms with Gasteiger partial charge < -0.3 is 15.2 Å². The van der Waals surface area contributed by atoms with E-state index in [2.05, 4.69) is 46.2 Å². The van der Waals surface area contributed by atoms with E-state index in [0.29, 0.717) is 0 Å². The van der Waals surface area contributed by atoms with Crippen LogP contribution in [0, 0.1) is 6.92 Å². The summed E-state index contributed by atoms with van der Waals surface area (Å²) in [6, 6.07) is 10.5. The Morgan fingerprint density at radius 2 is 2.15 bits per heavy atom. The van der Waals surface area contributed by atoms with Crippen LogP contribution < -0.4 is 5.32 Å². The van der Waals surface area contributed by atoms with Gasteiger partial charge in [-0.05, 0) is 50.3 Å². The SMILES string of the molecule is CCN1C(=S)N[C@@H](c2ccccn2)[C@@H]1c1ccc(C)[nH]1. The van der Waals surface area contributed by atoms with Gasteiger partial charge in [-0.2, -0.15) is 0 Å². The molecule has 5 heteroatoms. The summed E-state index contributed by atoms with van der Waals surface area (Å²) in [4.78, 5) is 10.1. The van der Waals surface area contributed by atoms with Gasteiger partial charge in [-0.1, -0.05) is 6.07 Å². The first-order chi connectivity index (χ1) is 9.70. The number of nitrogens with one attached hydrogen (secondary N) is 2. The van der Waals surface area contributed by atoms with E-state index in [4.69, 9.17) is 12.2 Å². The number of aromatic amines is 1. The van der Waals surface area contributed by atoms with Crippen molar-refractivity contribution in [2.45, 2.75) is 25.9 Å². The first kappa shape index (κ1) is 13.1. The zero-order chi connectivity index (χ0) is 14.1. The number of aryl methyl sites for hydroxylation is 1. The Morgan fingerprint density at radius 1 is 1.30 bits per heavy atom. The van der Waals surface area contributed by atoms with E-state index in [0.717, 1.165) is 23.0 Å². The molecule has 104 valence electrons. The summed E-state index contributed by atoms with van der Waals surface area (Å²) in [6.45, 7) is 5.06. The summed E-state index contributed by atoms with van der Waals surface area (Å²) in [5.74, 6) is 0. The summed E-state index contributed by atoms with van der Waals surface area (Å²) < 4.78 is 0. The Kier molecular flexibility index (Phi) is 3.44. The van der Waals surface area contributed by atoms with E-state index in [1.165, 1.54) is 5.69 Å². The third-order valence-electron chi connectivity index (χ3n) is 3.71. The Balaban J connectivity index is 2.02. The molecule has 1 fully saturated rings. The van der Waals surface area contributed by atoms with E-state index < -0.39 is 0 Å². The smallest absolute Gasteiger partial charge is 0.170 e. The third-order valence-corrected chi connectivity index (χ3v) is 4.06. The minimum Gasteiger partial charge on any atom is -0.361 e. The minimum atomic E-state index is 0.0849. The van der Waals surface area contributed by atoms with Crippen molar-refractivity contribution in [2.75, 3.05) is 6.54 Å². The van der Waals surface area contributed by atoms with Crippen LogP contribution in [0.15, 0.2) is 36.5 Å². The number of pyridine rings is 1. The lowest BCUT2D eigenvalue weighted by atomic mass is 10.0. The molecule has 2 aromatic heterocycles. The summed E-state index contributed by atoms with van der Waals surface area (Å²) in [7, 11) is 0. The number of nitrogens with zero attached hydrogens (tertiary/aromatic N) is 2. The maximum absolute atomic E-state index is 5.47. The molecule has 0 saturated carbocycles. The van der Waals surface area contributed by atoms with E-state index >= 15 is 0 Å². The van der Waals surface area contributed by atoms with Crippen molar-refractivity contribution < 1.29 is 0 Å². The number of aromatic nitrogens is 2. The van der Waals surface area contributed by atoms with Crippen LogP contribution in [0.1, 0.15) is 36.1 Å². The Labute approximate surface area is 124 Å². The molecule has 0 unspecified atom stereocenters. The first-order valence-electron chi connectivity index (χ1n) is 6.84. The molecule has 1 saturated heterocycles. The Bertz CT molecular complexity index is 607. The summed E-state index contributed by atoms with van der Waals surface area (Å²) in [6.07, 6.45) is 1.83. The number of hydrogen-bond acceptors (Lipinski definition) is 2. The van der Waals surface area contributed by atoms with E-state index in [9.17, 15) is 0 Å². The molecule has 2 aromatic rings. The third kappa shape index (κ3) is 2.18. The van der Waals surface area contributed by atoms with Crippen LogP contribution in [-0.4, -0.2) is 26.5 Å². The van der Waals surface area contributed by atoms with Gasteiger partial charge in [-0.15, -0.1) is 0 Å². The Morgan fingerprint density at radius 3 is 2.75 bits per heavy atom. The van der Waals surface area contributed by atoms with Gasteiger partial charge >= 0.3 is 0 Å². The highest BCUT2D eigenvalue weighted by Crippen LogP contribution is 2.37.